The summed E-state index contributed by atoms with van der Waals surface area (Å²) in [6.07, 6.45) is 2.83. The molecular formula is C9H9N2S. The SMILES string of the molecule is CCc1ccnn1-c1[c]csc1. The molecule has 0 amide bonds. The summed E-state index contributed by atoms with van der Waals surface area (Å²) in [6.45, 7) is 2.12. The summed E-state index contributed by atoms with van der Waals surface area (Å²) in [5.74, 6) is 0. The fraction of sp³-hybridized carbons (Fsp3) is 0.222. The molecule has 0 aromatic carbocycles. The lowest BCUT2D eigenvalue weighted by molar-refractivity contribution is 0.816. The van der Waals surface area contributed by atoms with Crippen molar-refractivity contribution in [2.24, 2.45) is 0 Å². The van der Waals surface area contributed by atoms with E-state index in [0.717, 1.165) is 12.1 Å². The van der Waals surface area contributed by atoms with Gasteiger partial charge in [0.05, 0.1) is 5.69 Å². The zero-order chi connectivity index (χ0) is 8.39. The van der Waals surface area contributed by atoms with Gasteiger partial charge in [0.1, 0.15) is 0 Å². The van der Waals surface area contributed by atoms with Crippen molar-refractivity contribution in [2.75, 3.05) is 0 Å². The van der Waals surface area contributed by atoms with Gasteiger partial charge in [-0.15, -0.1) is 11.3 Å². The van der Waals surface area contributed by atoms with Crippen LogP contribution < -0.4 is 0 Å². The maximum Gasteiger partial charge on any atom is 0.0835 e. The largest absolute Gasteiger partial charge is 0.236 e. The van der Waals surface area contributed by atoms with E-state index < -0.39 is 0 Å². The number of thiophene rings is 1. The molecule has 0 saturated carbocycles. The van der Waals surface area contributed by atoms with Gasteiger partial charge in [0.15, 0.2) is 0 Å². The van der Waals surface area contributed by atoms with Gasteiger partial charge in [-0.3, -0.25) is 0 Å². The molecule has 2 heterocycles. The number of nitrogens with zero attached hydrogens (tertiary/aromatic N) is 2. The van der Waals surface area contributed by atoms with E-state index in [1.54, 1.807) is 11.3 Å². The lowest BCUT2D eigenvalue weighted by Crippen LogP contribution is -1.98. The maximum atomic E-state index is 4.22. The summed E-state index contributed by atoms with van der Waals surface area (Å²) in [5, 5.41) is 8.21. The highest BCUT2D eigenvalue weighted by Crippen LogP contribution is 2.13. The van der Waals surface area contributed by atoms with Crippen molar-refractivity contribution < 1.29 is 0 Å². The summed E-state index contributed by atoms with van der Waals surface area (Å²) in [6, 6.07) is 5.17. The molecule has 1 radical (unpaired) electrons. The van der Waals surface area contributed by atoms with Gasteiger partial charge in [-0.05, 0) is 12.5 Å². The first kappa shape index (κ1) is 7.55. The van der Waals surface area contributed by atoms with Crippen LogP contribution in [0.15, 0.2) is 23.0 Å². The van der Waals surface area contributed by atoms with Crippen molar-refractivity contribution in [3.8, 4) is 5.69 Å². The van der Waals surface area contributed by atoms with Gasteiger partial charge >= 0.3 is 0 Å². The quantitative estimate of drug-likeness (QED) is 0.688. The van der Waals surface area contributed by atoms with Crippen LogP contribution in [0, 0.1) is 6.07 Å². The van der Waals surface area contributed by atoms with Crippen LogP contribution in [0.1, 0.15) is 12.6 Å². The molecule has 0 atom stereocenters. The molecule has 0 aliphatic rings. The molecule has 0 fully saturated rings. The van der Waals surface area contributed by atoms with Gasteiger partial charge in [-0.1, -0.05) is 6.92 Å². The Bertz CT molecular complexity index is 348. The number of aromatic nitrogens is 2. The van der Waals surface area contributed by atoms with Crippen LogP contribution in [0.5, 0.6) is 0 Å². The molecular weight excluding hydrogens is 168 g/mol. The first-order valence-electron chi connectivity index (χ1n) is 3.89. The zero-order valence-electron chi connectivity index (χ0n) is 6.82. The van der Waals surface area contributed by atoms with Gasteiger partial charge in [0.25, 0.3) is 0 Å². The third-order valence-electron chi connectivity index (χ3n) is 1.77. The second-order valence-electron chi connectivity index (χ2n) is 2.49. The topological polar surface area (TPSA) is 17.8 Å². The van der Waals surface area contributed by atoms with E-state index >= 15 is 0 Å². The van der Waals surface area contributed by atoms with E-state index in [9.17, 15) is 0 Å². The van der Waals surface area contributed by atoms with E-state index in [2.05, 4.69) is 18.1 Å². The molecule has 2 rings (SSSR count). The molecule has 2 nitrogen and oxygen atoms in total. The Balaban J connectivity index is 2.46. The molecule has 0 aliphatic heterocycles. The molecule has 61 valence electrons. The van der Waals surface area contributed by atoms with E-state index in [1.807, 2.05) is 27.7 Å². The minimum absolute atomic E-state index is 1.00. The Morgan fingerprint density at radius 2 is 2.58 bits per heavy atom. The standard InChI is InChI=1S/C9H9N2S/c1-2-8-3-5-10-11(8)9-4-6-12-7-9/h3,5-7H,2H2,1H3. The van der Waals surface area contributed by atoms with E-state index in [1.165, 1.54) is 5.69 Å². The van der Waals surface area contributed by atoms with Crippen LogP contribution in [-0.4, -0.2) is 9.78 Å². The van der Waals surface area contributed by atoms with Crippen molar-refractivity contribution in [2.45, 2.75) is 13.3 Å². The highest BCUT2D eigenvalue weighted by atomic mass is 32.1. The summed E-state index contributed by atoms with van der Waals surface area (Å²) in [5.41, 5.74) is 2.27. The summed E-state index contributed by atoms with van der Waals surface area (Å²) < 4.78 is 1.93. The predicted octanol–water partition coefficient (Wildman–Crippen LogP) is 2.30. The number of rotatable bonds is 2. The Labute approximate surface area is 75.5 Å². The van der Waals surface area contributed by atoms with E-state index in [-0.39, 0.29) is 0 Å². The lowest BCUT2D eigenvalue weighted by Gasteiger charge is -2.00. The minimum atomic E-state index is 1.00. The highest BCUT2D eigenvalue weighted by Gasteiger charge is 2.02. The Kier molecular flexibility index (Phi) is 1.96. The summed E-state index contributed by atoms with van der Waals surface area (Å²) >= 11 is 1.64. The van der Waals surface area contributed by atoms with Crippen LogP contribution >= 0.6 is 11.3 Å². The van der Waals surface area contributed by atoms with Crippen LogP contribution in [0.2, 0.25) is 0 Å². The Hall–Kier alpha value is -1.09. The van der Waals surface area contributed by atoms with Gasteiger partial charge < -0.3 is 0 Å². The predicted molar refractivity (Wildman–Crippen MR) is 49.7 cm³/mol. The Morgan fingerprint density at radius 3 is 3.25 bits per heavy atom. The monoisotopic (exact) mass is 177 g/mol. The third kappa shape index (κ3) is 1.16. The zero-order valence-corrected chi connectivity index (χ0v) is 7.64. The number of aryl methyl sites for hydroxylation is 1. The van der Waals surface area contributed by atoms with Gasteiger partial charge in [0, 0.05) is 28.7 Å². The summed E-state index contributed by atoms with van der Waals surface area (Å²) in [7, 11) is 0. The molecule has 12 heavy (non-hydrogen) atoms. The molecule has 3 heteroatoms. The molecule has 0 N–H and O–H groups in total. The first-order chi connectivity index (χ1) is 5.92. The van der Waals surface area contributed by atoms with Crippen molar-refractivity contribution in [3.05, 3.63) is 34.8 Å². The van der Waals surface area contributed by atoms with Crippen LogP contribution in [0.3, 0.4) is 0 Å². The van der Waals surface area contributed by atoms with Gasteiger partial charge in [-0.25, -0.2) is 4.68 Å². The highest BCUT2D eigenvalue weighted by molar-refractivity contribution is 7.08. The van der Waals surface area contributed by atoms with Gasteiger partial charge in [0.2, 0.25) is 0 Å². The van der Waals surface area contributed by atoms with Crippen LogP contribution in [-0.2, 0) is 6.42 Å². The first-order valence-corrected chi connectivity index (χ1v) is 4.83. The smallest absolute Gasteiger partial charge is 0.0835 e. The van der Waals surface area contributed by atoms with Crippen LogP contribution in [0.25, 0.3) is 5.69 Å². The molecule has 2 aromatic rings. The van der Waals surface area contributed by atoms with Gasteiger partial charge in [-0.2, -0.15) is 5.10 Å². The maximum absolute atomic E-state index is 4.22. The fourth-order valence-electron chi connectivity index (χ4n) is 1.15. The molecule has 0 unspecified atom stereocenters. The summed E-state index contributed by atoms with van der Waals surface area (Å²) in [4.78, 5) is 0. The van der Waals surface area contributed by atoms with Crippen molar-refractivity contribution in [1.82, 2.24) is 9.78 Å². The molecule has 2 aromatic heterocycles. The normalized spacial score (nSPS) is 10.4. The lowest BCUT2D eigenvalue weighted by atomic mass is 10.3. The van der Waals surface area contributed by atoms with Crippen LogP contribution in [0.4, 0.5) is 0 Å². The second kappa shape index (κ2) is 3.11. The molecule has 0 spiro atoms. The number of hydrogen-bond acceptors (Lipinski definition) is 2. The van der Waals surface area contributed by atoms with Crippen molar-refractivity contribution in [1.29, 1.82) is 0 Å². The van der Waals surface area contributed by atoms with Crippen molar-refractivity contribution in [3.63, 3.8) is 0 Å². The third-order valence-corrected chi connectivity index (χ3v) is 2.38. The molecule has 0 aliphatic carbocycles. The van der Waals surface area contributed by atoms with Crippen molar-refractivity contribution >= 4 is 11.3 Å². The second-order valence-corrected chi connectivity index (χ2v) is 3.23. The minimum Gasteiger partial charge on any atom is -0.236 e. The molecule has 0 saturated heterocycles. The van der Waals surface area contributed by atoms with E-state index in [4.69, 9.17) is 0 Å². The molecule has 0 bridgehead atoms. The Morgan fingerprint density at radius 1 is 1.67 bits per heavy atom. The van der Waals surface area contributed by atoms with E-state index in [0.29, 0.717) is 0 Å². The average molecular weight is 177 g/mol. The fourth-order valence-corrected chi connectivity index (χ4v) is 1.71. The average Bonchev–Trinajstić information content (AvgIpc) is 2.74. The number of hydrogen-bond donors (Lipinski definition) is 0.